The maximum Gasteiger partial charge on any atom is 0.271 e. The molecule has 1 aromatic heterocycles. The first-order valence-electron chi connectivity index (χ1n) is 7.69. The average Bonchev–Trinajstić information content (AvgIpc) is 2.57. The first-order valence-corrected chi connectivity index (χ1v) is 8.44. The van der Waals surface area contributed by atoms with Gasteiger partial charge < -0.3 is 5.11 Å². The molecule has 2 rings (SSSR count). The fraction of sp³-hybridized carbons (Fsp3) is 0.278. The number of rotatable bonds is 4. The molecule has 5 nitrogen and oxygen atoms in total. The Kier molecular flexibility index (Phi) is 5.89. The van der Waals surface area contributed by atoms with Gasteiger partial charge in [0.15, 0.2) is 0 Å². The molecule has 0 aliphatic rings. The molecule has 0 amide bonds. The lowest BCUT2D eigenvalue weighted by Gasteiger charge is -2.18. The number of benzene rings is 1. The molecular formula is C18H17Cl2N3O2. The third kappa shape index (κ3) is 3.71. The number of aliphatic imine (C=N–C) groups is 1. The van der Waals surface area contributed by atoms with Crippen LogP contribution in [-0.2, 0) is 0 Å². The largest absolute Gasteiger partial charge is 0.494 e. The second-order valence-corrected chi connectivity index (χ2v) is 6.48. The number of nitriles is 1. The smallest absolute Gasteiger partial charge is 0.271 e. The highest BCUT2D eigenvalue weighted by Gasteiger charge is 2.20. The van der Waals surface area contributed by atoms with Gasteiger partial charge in [0.05, 0.1) is 16.3 Å². The molecule has 1 aromatic carbocycles. The third-order valence-corrected chi connectivity index (χ3v) is 4.62. The van der Waals surface area contributed by atoms with Gasteiger partial charge in [-0.05, 0) is 44.0 Å². The van der Waals surface area contributed by atoms with Crippen molar-refractivity contribution in [1.29, 1.82) is 5.26 Å². The van der Waals surface area contributed by atoms with E-state index >= 15 is 0 Å². The predicted molar refractivity (Wildman–Crippen MR) is 101 cm³/mol. The molecule has 0 saturated heterocycles. The zero-order valence-corrected chi connectivity index (χ0v) is 15.6. The van der Waals surface area contributed by atoms with Crippen LogP contribution in [0.2, 0.25) is 10.0 Å². The summed E-state index contributed by atoms with van der Waals surface area (Å²) in [4.78, 5) is 16.7. The summed E-state index contributed by atoms with van der Waals surface area (Å²) in [6.45, 7) is 5.29. The highest BCUT2D eigenvalue weighted by Crippen LogP contribution is 2.29. The molecule has 1 N–H and O–H groups in total. The van der Waals surface area contributed by atoms with Gasteiger partial charge >= 0.3 is 0 Å². The number of nitrogens with zero attached hydrogens (tertiary/aromatic N) is 3. The molecule has 0 fully saturated rings. The van der Waals surface area contributed by atoms with E-state index in [2.05, 4.69) is 4.99 Å². The van der Waals surface area contributed by atoms with Crippen LogP contribution in [0.4, 0.5) is 5.69 Å². The van der Waals surface area contributed by atoms with Crippen molar-refractivity contribution in [2.45, 2.75) is 33.2 Å². The minimum absolute atomic E-state index is 0.0169. The van der Waals surface area contributed by atoms with Gasteiger partial charge in [0, 0.05) is 17.3 Å². The quantitative estimate of drug-likeness (QED) is 0.779. The lowest BCUT2D eigenvalue weighted by atomic mass is 10.0. The van der Waals surface area contributed by atoms with E-state index in [0.29, 0.717) is 33.3 Å². The van der Waals surface area contributed by atoms with E-state index in [9.17, 15) is 15.2 Å². The molecule has 2 aromatic rings. The zero-order chi connectivity index (χ0) is 18.7. The van der Waals surface area contributed by atoms with Crippen molar-refractivity contribution >= 4 is 35.1 Å². The molecule has 0 bridgehead atoms. The van der Waals surface area contributed by atoms with Gasteiger partial charge in [-0.3, -0.25) is 14.4 Å². The van der Waals surface area contributed by atoms with Crippen molar-refractivity contribution in [3.8, 4) is 11.9 Å². The van der Waals surface area contributed by atoms with Crippen molar-refractivity contribution in [1.82, 2.24) is 4.57 Å². The van der Waals surface area contributed by atoms with Crippen molar-refractivity contribution in [2.24, 2.45) is 4.99 Å². The van der Waals surface area contributed by atoms with E-state index in [4.69, 9.17) is 23.2 Å². The summed E-state index contributed by atoms with van der Waals surface area (Å²) in [7, 11) is 0. The zero-order valence-electron chi connectivity index (χ0n) is 14.0. The van der Waals surface area contributed by atoms with Gasteiger partial charge in [-0.1, -0.05) is 30.1 Å². The van der Waals surface area contributed by atoms with Crippen LogP contribution in [0, 0.1) is 18.3 Å². The van der Waals surface area contributed by atoms with Crippen LogP contribution < -0.4 is 5.56 Å². The van der Waals surface area contributed by atoms with Crippen LogP contribution in [0.1, 0.15) is 43.0 Å². The van der Waals surface area contributed by atoms with Gasteiger partial charge in [-0.15, -0.1) is 0 Å². The van der Waals surface area contributed by atoms with E-state index in [-0.39, 0.29) is 17.5 Å². The summed E-state index contributed by atoms with van der Waals surface area (Å²) in [5.41, 5.74) is 0.563. The molecule has 1 heterocycles. The highest BCUT2D eigenvalue weighted by atomic mass is 35.5. The summed E-state index contributed by atoms with van der Waals surface area (Å²) < 4.78 is 1.21. The van der Waals surface area contributed by atoms with E-state index in [0.717, 1.165) is 0 Å². The van der Waals surface area contributed by atoms with E-state index < -0.39 is 5.56 Å². The van der Waals surface area contributed by atoms with Crippen LogP contribution in [0.25, 0.3) is 0 Å². The SMILES string of the molecule is CCC(C)n1c(O)c(C=Nc2cc(Cl)ccc2Cl)c(C)c(C#N)c1=O. The second-order valence-electron chi connectivity index (χ2n) is 5.64. The standard InChI is InChI=1S/C18H17Cl2N3O2/c1-4-10(2)23-17(24)13(8-21)11(3)14(18(23)25)9-22-16-7-12(19)5-6-15(16)20/h5-7,9-10,25H,4H2,1-3H3. The van der Waals surface area contributed by atoms with Crippen molar-refractivity contribution in [3.05, 3.63) is 55.3 Å². The molecule has 0 aliphatic heterocycles. The Balaban J connectivity index is 2.69. The molecule has 0 saturated carbocycles. The van der Waals surface area contributed by atoms with Gasteiger partial charge in [-0.2, -0.15) is 5.26 Å². The van der Waals surface area contributed by atoms with E-state index in [1.54, 1.807) is 32.0 Å². The van der Waals surface area contributed by atoms with E-state index in [1.807, 2.05) is 13.0 Å². The van der Waals surface area contributed by atoms with Crippen LogP contribution >= 0.6 is 23.2 Å². The topological polar surface area (TPSA) is 78.4 Å². The summed E-state index contributed by atoms with van der Waals surface area (Å²) in [6.07, 6.45) is 2.01. The molecular weight excluding hydrogens is 361 g/mol. The van der Waals surface area contributed by atoms with Gasteiger partial charge in [0.25, 0.3) is 5.56 Å². The Morgan fingerprint density at radius 3 is 2.72 bits per heavy atom. The fourth-order valence-electron chi connectivity index (χ4n) is 2.41. The van der Waals surface area contributed by atoms with Crippen molar-refractivity contribution in [2.75, 3.05) is 0 Å². The van der Waals surface area contributed by atoms with Gasteiger partial charge in [0.1, 0.15) is 11.6 Å². The van der Waals surface area contributed by atoms with Crippen LogP contribution in [0.5, 0.6) is 5.88 Å². The second kappa shape index (κ2) is 7.73. The normalized spacial score (nSPS) is 12.3. The third-order valence-electron chi connectivity index (χ3n) is 4.07. The molecule has 0 radical (unpaired) electrons. The number of aromatic nitrogens is 1. The Morgan fingerprint density at radius 2 is 2.12 bits per heavy atom. The van der Waals surface area contributed by atoms with Gasteiger partial charge in [-0.25, -0.2) is 0 Å². The summed E-state index contributed by atoms with van der Waals surface area (Å²) in [5, 5.41) is 20.8. The average molecular weight is 378 g/mol. The lowest BCUT2D eigenvalue weighted by molar-refractivity contribution is 0.372. The Bertz CT molecular complexity index is 943. The summed E-state index contributed by atoms with van der Waals surface area (Å²) >= 11 is 12.0. The molecule has 0 spiro atoms. The maximum atomic E-state index is 12.5. The van der Waals surface area contributed by atoms with Crippen LogP contribution in [-0.4, -0.2) is 15.9 Å². The number of halogens is 2. The number of hydrogen-bond donors (Lipinski definition) is 1. The van der Waals surface area contributed by atoms with Crippen molar-refractivity contribution < 1.29 is 5.11 Å². The minimum atomic E-state index is -0.509. The molecule has 25 heavy (non-hydrogen) atoms. The highest BCUT2D eigenvalue weighted by molar-refractivity contribution is 6.35. The van der Waals surface area contributed by atoms with Crippen LogP contribution in [0.3, 0.4) is 0 Å². The predicted octanol–water partition coefficient (Wildman–Crippen LogP) is 4.76. The number of pyridine rings is 1. The minimum Gasteiger partial charge on any atom is -0.494 e. The maximum absolute atomic E-state index is 12.5. The van der Waals surface area contributed by atoms with Crippen LogP contribution in [0.15, 0.2) is 28.0 Å². The first-order chi connectivity index (χ1) is 11.8. The monoisotopic (exact) mass is 377 g/mol. The van der Waals surface area contributed by atoms with Gasteiger partial charge in [0.2, 0.25) is 5.88 Å². The summed E-state index contributed by atoms with van der Waals surface area (Å²) in [5.74, 6) is -0.224. The molecule has 1 atom stereocenters. The van der Waals surface area contributed by atoms with Crippen molar-refractivity contribution in [3.63, 3.8) is 0 Å². The number of hydrogen-bond acceptors (Lipinski definition) is 4. The molecule has 1 unspecified atom stereocenters. The molecule has 0 aliphatic carbocycles. The Hall–Kier alpha value is -2.29. The number of aromatic hydroxyl groups is 1. The summed E-state index contributed by atoms with van der Waals surface area (Å²) in [6, 6.07) is 6.50. The molecule has 130 valence electrons. The Labute approximate surface area is 155 Å². The van der Waals surface area contributed by atoms with E-state index in [1.165, 1.54) is 10.8 Å². The lowest BCUT2D eigenvalue weighted by Crippen LogP contribution is -2.27. The molecule has 7 heteroatoms. The first kappa shape index (κ1) is 19.0. The fourth-order valence-corrected chi connectivity index (χ4v) is 2.74. The Morgan fingerprint density at radius 1 is 1.44 bits per heavy atom.